The van der Waals surface area contributed by atoms with Crippen molar-refractivity contribution in [1.82, 2.24) is 9.97 Å². The van der Waals surface area contributed by atoms with Crippen LogP contribution in [0, 0.1) is 10.1 Å². The molecule has 0 saturated carbocycles. The molecule has 0 aliphatic rings. The van der Waals surface area contributed by atoms with Crippen LogP contribution in [0.3, 0.4) is 0 Å². The molecule has 0 radical (unpaired) electrons. The third-order valence-corrected chi connectivity index (χ3v) is 4.55. The van der Waals surface area contributed by atoms with Crippen LogP contribution in [0.5, 0.6) is 5.75 Å². The van der Waals surface area contributed by atoms with Gasteiger partial charge in [-0.05, 0) is 42.5 Å². The highest BCUT2D eigenvalue weighted by Crippen LogP contribution is 2.27. The largest absolute Gasteiger partial charge is 0.497 e. The Kier molecular flexibility index (Phi) is 5.04. The van der Waals surface area contributed by atoms with E-state index in [0.29, 0.717) is 22.2 Å². The Morgan fingerprint density at radius 1 is 1.07 bits per heavy atom. The van der Waals surface area contributed by atoms with Gasteiger partial charge >= 0.3 is 0 Å². The van der Waals surface area contributed by atoms with E-state index in [9.17, 15) is 14.9 Å². The normalized spacial score (nSPS) is 10.6. The van der Waals surface area contributed by atoms with Crippen molar-refractivity contribution in [3.05, 3.63) is 88.6 Å². The van der Waals surface area contributed by atoms with Gasteiger partial charge in [0.05, 0.1) is 28.8 Å². The first-order valence-electron chi connectivity index (χ1n) is 9.01. The van der Waals surface area contributed by atoms with Crippen molar-refractivity contribution in [2.75, 3.05) is 12.4 Å². The van der Waals surface area contributed by atoms with Crippen LogP contribution in [0.1, 0.15) is 10.4 Å². The van der Waals surface area contributed by atoms with E-state index in [1.54, 1.807) is 13.2 Å². The number of ether oxygens (including phenoxy) is 1. The summed E-state index contributed by atoms with van der Waals surface area (Å²) >= 11 is 0. The minimum atomic E-state index is -0.546. The number of fused-ring (bicyclic) bond motifs is 1. The predicted molar refractivity (Wildman–Crippen MR) is 113 cm³/mol. The number of benzene rings is 2. The fraction of sp³-hybridized carbons (Fsp3) is 0.0455. The number of aromatic nitrogens is 2. The van der Waals surface area contributed by atoms with Gasteiger partial charge in [-0.2, -0.15) is 0 Å². The van der Waals surface area contributed by atoms with Gasteiger partial charge in [0.2, 0.25) is 0 Å². The standard InChI is InChI=1S/C22H16N4O4/c1-30-16-9-6-14(7-10-16)20-12-18(17-4-2-3-5-19(17)24-20)22(27)25-21-11-8-15(13-23-21)26(28)29/h2-13H,1H3,(H,23,25,27). The van der Waals surface area contributed by atoms with Gasteiger partial charge < -0.3 is 10.1 Å². The zero-order chi connectivity index (χ0) is 21.1. The molecule has 0 unspecified atom stereocenters. The van der Waals surface area contributed by atoms with Crippen LogP contribution in [0.4, 0.5) is 11.5 Å². The van der Waals surface area contributed by atoms with Gasteiger partial charge in [0, 0.05) is 17.0 Å². The van der Waals surface area contributed by atoms with Crippen LogP contribution < -0.4 is 10.1 Å². The van der Waals surface area contributed by atoms with Crippen molar-refractivity contribution in [3.63, 3.8) is 0 Å². The molecule has 0 atom stereocenters. The SMILES string of the molecule is COc1ccc(-c2cc(C(=O)Nc3ccc([N+](=O)[O-])cn3)c3ccccc3n2)cc1. The summed E-state index contributed by atoms with van der Waals surface area (Å²) in [5.74, 6) is 0.559. The van der Waals surface area contributed by atoms with E-state index in [1.807, 2.05) is 48.5 Å². The predicted octanol–water partition coefficient (Wildman–Crippen LogP) is 4.47. The number of rotatable bonds is 5. The summed E-state index contributed by atoms with van der Waals surface area (Å²) in [5.41, 5.74) is 2.42. The van der Waals surface area contributed by atoms with Gasteiger partial charge in [-0.25, -0.2) is 9.97 Å². The van der Waals surface area contributed by atoms with Crippen LogP contribution >= 0.6 is 0 Å². The number of carbonyl (C=O) groups is 1. The molecule has 0 bridgehead atoms. The van der Waals surface area contributed by atoms with Gasteiger partial charge in [0.1, 0.15) is 17.8 Å². The molecule has 0 aliphatic heterocycles. The summed E-state index contributed by atoms with van der Waals surface area (Å²) in [6, 6.07) is 19.1. The third-order valence-electron chi connectivity index (χ3n) is 4.55. The second-order valence-corrected chi connectivity index (χ2v) is 6.41. The lowest BCUT2D eigenvalue weighted by Crippen LogP contribution is -2.14. The first-order chi connectivity index (χ1) is 14.5. The molecule has 2 aromatic carbocycles. The summed E-state index contributed by atoms with van der Waals surface area (Å²) in [4.78, 5) is 31.8. The number of hydrogen-bond donors (Lipinski definition) is 1. The van der Waals surface area contributed by atoms with E-state index in [1.165, 1.54) is 12.1 Å². The summed E-state index contributed by atoms with van der Waals surface area (Å²) in [7, 11) is 1.60. The molecule has 148 valence electrons. The number of amides is 1. The molecule has 1 amide bonds. The summed E-state index contributed by atoms with van der Waals surface area (Å²) in [6.07, 6.45) is 1.10. The Morgan fingerprint density at radius 2 is 1.83 bits per heavy atom. The molecule has 2 aromatic heterocycles. The van der Waals surface area contributed by atoms with Crippen LogP contribution in [0.2, 0.25) is 0 Å². The summed E-state index contributed by atoms with van der Waals surface area (Å²) in [5, 5.41) is 14.2. The topological polar surface area (TPSA) is 107 Å². The highest BCUT2D eigenvalue weighted by atomic mass is 16.6. The highest BCUT2D eigenvalue weighted by molar-refractivity contribution is 6.12. The molecule has 4 rings (SSSR count). The van der Waals surface area contributed by atoms with E-state index in [0.717, 1.165) is 17.5 Å². The number of nitro groups is 1. The Labute approximate surface area is 171 Å². The van der Waals surface area contributed by atoms with Crippen LogP contribution in [-0.4, -0.2) is 27.9 Å². The Morgan fingerprint density at radius 3 is 2.50 bits per heavy atom. The van der Waals surface area contributed by atoms with E-state index in [2.05, 4.69) is 15.3 Å². The zero-order valence-electron chi connectivity index (χ0n) is 15.9. The van der Waals surface area contributed by atoms with Crippen molar-refractivity contribution >= 4 is 28.3 Å². The minimum Gasteiger partial charge on any atom is -0.497 e. The molecule has 0 aliphatic carbocycles. The molecule has 30 heavy (non-hydrogen) atoms. The van der Waals surface area contributed by atoms with Crippen molar-refractivity contribution in [2.24, 2.45) is 0 Å². The van der Waals surface area contributed by atoms with Gasteiger partial charge in [-0.1, -0.05) is 18.2 Å². The maximum atomic E-state index is 13.0. The Bertz CT molecular complexity index is 1240. The lowest BCUT2D eigenvalue weighted by Gasteiger charge is -2.11. The molecule has 0 fully saturated rings. The number of nitrogens with zero attached hydrogens (tertiary/aromatic N) is 3. The van der Waals surface area contributed by atoms with Crippen LogP contribution in [-0.2, 0) is 0 Å². The second kappa shape index (κ2) is 7.96. The average Bonchev–Trinajstić information content (AvgIpc) is 2.78. The van der Waals surface area contributed by atoms with Gasteiger partial charge in [0.25, 0.3) is 11.6 Å². The van der Waals surface area contributed by atoms with Crippen molar-refractivity contribution in [3.8, 4) is 17.0 Å². The molecule has 2 heterocycles. The quantitative estimate of drug-likeness (QED) is 0.391. The number of methoxy groups -OCH3 is 1. The third kappa shape index (κ3) is 3.79. The zero-order valence-corrected chi connectivity index (χ0v) is 15.9. The molecule has 0 spiro atoms. The van der Waals surface area contributed by atoms with Gasteiger partial charge in [-0.15, -0.1) is 0 Å². The number of nitrogens with one attached hydrogen (secondary N) is 1. The van der Waals surface area contributed by atoms with E-state index < -0.39 is 4.92 Å². The number of carbonyl (C=O) groups excluding carboxylic acids is 1. The molecule has 8 nitrogen and oxygen atoms in total. The Hall–Kier alpha value is -4.33. The van der Waals surface area contributed by atoms with Gasteiger partial charge in [-0.3, -0.25) is 14.9 Å². The summed E-state index contributed by atoms with van der Waals surface area (Å²) < 4.78 is 5.19. The maximum Gasteiger partial charge on any atom is 0.287 e. The number of pyridine rings is 2. The van der Waals surface area contributed by atoms with E-state index in [4.69, 9.17) is 4.74 Å². The monoisotopic (exact) mass is 400 g/mol. The van der Waals surface area contributed by atoms with Gasteiger partial charge in [0.15, 0.2) is 0 Å². The summed E-state index contributed by atoms with van der Waals surface area (Å²) in [6.45, 7) is 0. The molecule has 4 aromatic rings. The number of anilines is 1. The minimum absolute atomic E-state index is 0.149. The Balaban J connectivity index is 1.72. The number of para-hydroxylation sites is 1. The van der Waals surface area contributed by atoms with Crippen LogP contribution in [0.15, 0.2) is 72.9 Å². The lowest BCUT2D eigenvalue weighted by molar-refractivity contribution is -0.385. The fourth-order valence-corrected chi connectivity index (χ4v) is 3.02. The van der Waals surface area contributed by atoms with E-state index in [-0.39, 0.29) is 17.4 Å². The fourth-order valence-electron chi connectivity index (χ4n) is 3.02. The second-order valence-electron chi connectivity index (χ2n) is 6.41. The molecule has 0 saturated heterocycles. The average molecular weight is 400 g/mol. The lowest BCUT2D eigenvalue weighted by atomic mass is 10.0. The van der Waals surface area contributed by atoms with Crippen molar-refractivity contribution in [1.29, 1.82) is 0 Å². The molecular weight excluding hydrogens is 384 g/mol. The van der Waals surface area contributed by atoms with Crippen molar-refractivity contribution in [2.45, 2.75) is 0 Å². The molecular formula is C22H16N4O4. The first-order valence-corrected chi connectivity index (χ1v) is 9.01. The maximum absolute atomic E-state index is 13.0. The number of hydrogen-bond acceptors (Lipinski definition) is 6. The molecule has 8 heteroatoms. The van der Waals surface area contributed by atoms with Crippen LogP contribution in [0.25, 0.3) is 22.2 Å². The van der Waals surface area contributed by atoms with E-state index >= 15 is 0 Å². The van der Waals surface area contributed by atoms with Crippen molar-refractivity contribution < 1.29 is 14.5 Å². The smallest absolute Gasteiger partial charge is 0.287 e. The highest BCUT2D eigenvalue weighted by Gasteiger charge is 2.15. The first kappa shape index (κ1) is 19.0. The molecule has 1 N–H and O–H groups in total.